The van der Waals surface area contributed by atoms with Crippen molar-refractivity contribution in [2.45, 2.75) is 19.0 Å². The zero-order chi connectivity index (χ0) is 12.3. The first-order valence-corrected chi connectivity index (χ1v) is 4.54. The summed E-state index contributed by atoms with van der Waals surface area (Å²) >= 11 is 0. The molecule has 0 spiro atoms. The number of hydrogen-bond acceptors (Lipinski definition) is 2. The number of benzene rings is 1. The Bertz CT molecular complexity index is 364. The molecule has 2 N–H and O–H groups in total. The fourth-order valence-corrected chi connectivity index (χ4v) is 1.33. The van der Waals surface area contributed by atoms with Crippen LogP contribution in [0.1, 0.15) is 24.0 Å². The van der Waals surface area contributed by atoms with Crippen LogP contribution in [0.2, 0.25) is 0 Å². The van der Waals surface area contributed by atoms with Crippen LogP contribution in [-0.2, 0) is 11.0 Å². The molecule has 0 amide bonds. The lowest BCUT2D eigenvalue weighted by molar-refractivity contribution is -0.137. The summed E-state index contributed by atoms with van der Waals surface area (Å²) in [5.41, 5.74) is -0.937. The van der Waals surface area contributed by atoms with E-state index in [9.17, 15) is 17.6 Å². The van der Waals surface area contributed by atoms with Crippen LogP contribution >= 0.6 is 0 Å². The molecule has 0 aliphatic rings. The molecule has 0 bridgehead atoms. The van der Waals surface area contributed by atoms with Crippen LogP contribution in [0.15, 0.2) is 18.2 Å². The van der Waals surface area contributed by atoms with E-state index in [4.69, 9.17) is 5.90 Å². The number of hydrogen-bond donors (Lipinski definition) is 1. The van der Waals surface area contributed by atoms with E-state index in [1.807, 2.05) is 0 Å². The summed E-state index contributed by atoms with van der Waals surface area (Å²) in [6, 6.07) is 2.28. The van der Waals surface area contributed by atoms with Gasteiger partial charge in [0.05, 0.1) is 12.2 Å². The third-order valence-electron chi connectivity index (χ3n) is 2.20. The monoisotopic (exact) mass is 237 g/mol. The van der Waals surface area contributed by atoms with E-state index in [2.05, 4.69) is 4.84 Å². The average Bonchev–Trinajstić information content (AvgIpc) is 2.16. The van der Waals surface area contributed by atoms with Gasteiger partial charge in [0.15, 0.2) is 0 Å². The van der Waals surface area contributed by atoms with Crippen molar-refractivity contribution in [3.8, 4) is 0 Å². The standard InChI is InChI=1S/C10H11F4NO/c1-6(5-16-15)8-4-7(10(12,13)14)2-3-9(8)11/h2-4,6H,5,15H2,1H3. The smallest absolute Gasteiger partial charge is 0.304 e. The Labute approximate surface area is 90.0 Å². The first kappa shape index (κ1) is 12.9. The zero-order valence-corrected chi connectivity index (χ0v) is 8.51. The van der Waals surface area contributed by atoms with Crippen molar-refractivity contribution in [3.05, 3.63) is 35.1 Å². The summed E-state index contributed by atoms with van der Waals surface area (Å²) in [5, 5.41) is 0. The van der Waals surface area contributed by atoms with Gasteiger partial charge in [0.25, 0.3) is 0 Å². The van der Waals surface area contributed by atoms with Gasteiger partial charge in [-0.2, -0.15) is 13.2 Å². The predicted molar refractivity (Wildman–Crippen MR) is 50.0 cm³/mol. The van der Waals surface area contributed by atoms with Crippen LogP contribution in [0.25, 0.3) is 0 Å². The van der Waals surface area contributed by atoms with Gasteiger partial charge >= 0.3 is 6.18 Å². The topological polar surface area (TPSA) is 35.2 Å². The highest BCUT2D eigenvalue weighted by molar-refractivity contribution is 5.29. The van der Waals surface area contributed by atoms with Gasteiger partial charge in [-0.3, -0.25) is 0 Å². The maximum absolute atomic E-state index is 13.3. The van der Waals surface area contributed by atoms with E-state index < -0.39 is 23.5 Å². The first-order valence-electron chi connectivity index (χ1n) is 4.54. The highest BCUT2D eigenvalue weighted by Gasteiger charge is 2.31. The maximum Gasteiger partial charge on any atom is 0.416 e. The summed E-state index contributed by atoms with van der Waals surface area (Å²) in [7, 11) is 0. The maximum atomic E-state index is 13.3. The molecule has 0 aliphatic heterocycles. The summed E-state index contributed by atoms with van der Waals surface area (Å²) in [6.45, 7) is 1.49. The Kier molecular flexibility index (Phi) is 3.88. The number of nitrogens with two attached hydrogens (primary N) is 1. The molecule has 6 heteroatoms. The fourth-order valence-electron chi connectivity index (χ4n) is 1.33. The van der Waals surface area contributed by atoms with Gasteiger partial charge in [-0.25, -0.2) is 10.3 Å². The molecule has 1 rings (SSSR count). The second-order valence-electron chi connectivity index (χ2n) is 3.47. The van der Waals surface area contributed by atoms with Crippen molar-refractivity contribution in [1.29, 1.82) is 0 Å². The Balaban J connectivity index is 3.09. The van der Waals surface area contributed by atoms with Gasteiger partial charge in [-0.1, -0.05) is 6.92 Å². The Morgan fingerprint density at radius 1 is 1.38 bits per heavy atom. The first-order chi connectivity index (χ1) is 7.36. The lowest BCUT2D eigenvalue weighted by Gasteiger charge is -2.14. The minimum atomic E-state index is -4.48. The van der Waals surface area contributed by atoms with Gasteiger partial charge < -0.3 is 4.84 Å². The molecule has 1 unspecified atom stereocenters. The minimum Gasteiger partial charge on any atom is -0.304 e. The highest BCUT2D eigenvalue weighted by Crippen LogP contribution is 2.32. The Morgan fingerprint density at radius 2 is 2.00 bits per heavy atom. The molecule has 90 valence electrons. The summed E-state index contributed by atoms with van der Waals surface area (Å²) < 4.78 is 50.4. The molecule has 1 aromatic carbocycles. The molecule has 16 heavy (non-hydrogen) atoms. The van der Waals surface area contributed by atoms with Gasteiger partial charge in [-0.05, 0) is 23.8 Å². The van der Waals surface area contributed by atoms with E-state index >= 15 is 0 Å². The van der Waals surface area contributed by atoms with Crippen molar-refractivity contribution < 1.29 is 22.4 Å². The second-order valence-corrected chi connectivity index (χ2v) is 3.47. The normalized spacial score (nSPS) is 13.9. The Hall–Kier alpha value is -1.14. The van der Waals surface area contributed by atoms with Gasteiger partial charge in [0.1, 0.15) is 5.82 Å². The van der Waals surface area contributed by atoms with E-state index in [0.29, 0.717) is 6.07 Å². The van der Waals surface area contributed by atoms with Crippen molar-refractivity contribution in [2.75, 3.05) is 6.61 Å². The number of halogens is 4. The minimum absolute atomic E-state index is 0.0434. The van der Waals surface area contributed by atoms with Gasteiger partial charge in [0.2, 0.25) is 0 Å². The van der Waals surface area contributed by atoms with Crippen LogP contribution in [0, 0.1) is 5.82 Å². The molecule has 0 aliphatic carbocycles. The molecule has 0 heterocycles. The average molecular weight is 237 g/mol. The third-order valence-corrected chi connectivity index (χ3v) is 2.20. The molecule has 0 saturated carbocycles. The lowest BCUT2D eigenvalue weighted by atomic mass is 9.99. The van der Waals surface area contributed by atoms with Crippen LogP contribution in [-0.4, -0.2) is 6.61 Å². The molecule has 2 nitrogen and oxygen atoms in total. The SMILES string of the molecule is CC(CON)c1cc(C(F)(F)F)ccc1F. The van der Waals surface area contributed by atoms with Crippen LogP contribution in [0.3, 0.4) is 0 Å². The second kappa shape index (κ2) is 4.80. The molecule has 0 radical (unpaired) electrons. The molecular formula is C10H11F4NO. The van der Waals surface area contributed by atoms with Gasteiger partial charge in [0, 0.05) is 5.92 Å². The predicted octanol–water partition coefficient (Wildman–Crippen LogP) is 2.84. The summed E-state index contributed by atoms with van der Waals surface area (Å²) in [5.74, 6) is 3.56. The summed E-state index contributed by atoms with van der Waals surface area (Å²) in [6.07, 6.45) is -4.48. The lowest BCUT2D eigenvalue weighted by Crippen LogP contribution is -2.12. The molecule has 0 aromatic heterocycles. The summed E-state index contributed by atoms with van der Waals surface area (Å²) in [4.78, 5) is 4.29. The third kappa shape index (κ3) is 2.93. The van der Waals surface area contributed by atoms with Crippen molar-refractivity contribution in [2.24, 2.45) is 5.90 Å². The molecule has 1 aromatic rings. The van der Waals surface area contributed by atoms with Crippen molar-refractivity contribution in [3.63, 3.8) is 0 Å². The molecular weight excluding hydrogens is 226 g/mol. The van der Waals surface area contributed by atoms with E-state index in [-0.39, 0.29) is 12.2 Å². The van der Waals surface area contributed by atoms with Crippen LogP contribution in [0.5, 0.6) is 0 Å². The van der Waals surface area contributed by atoms with E-state index in [1.165, 1.54) is 6.92 Å². The number of alkyl halides is 3. The quantitative estimate of drug-likeness (QED) is 0.648. The molecule has 1 atom stereocenters. The fraction of sp³-hybridized carbons (Fsp3) is 0.400. The van der Waals surface area contributed by atoms with E-state index in [1.54, 1.807) is 0 Å². The zero-order valence-electron chi connectivity index (χ0n) is 8.51. The largest absolute Gasteiger partial charge is 0.416 e. The molecule has 0 saturated heterocycles. The van der Waals surface area contributed by atoms with Gasteiger partial charge in [-0.15, -0.1) is 0 Å². The van der Waals surface area contributed by atoms with E-state index in [0.717, 1.165) is 12.1 Å². The number of rotatable bonds is 3. The van der Waals surface area contributed by atoms with Crippen LogP contribution in [0.4, 0.5) is 17.6 Å². The van der Waals surface area contributed by atoms with Crippen LogP contribution < -0.4 is 5.90 Å². The van der Waals surface area contributed by atoms with Crippen molar-refractivity contribution in [1.82, 2.24) is 0 Å². The molecule has 0 fully saturated rings. The Morgan fingerprint density at radius 3 is 2.50 bits per heavy atom. The highest BCUT2D eigenvalue weighted by atomic mass is 19.4. The van der Waals surface area contributed by atoms with Crippen molar-refractivity contribution >= 4 is 0 Å².